The quantitative estimate of drug-likeness (QED) is 0.645. The highest BCUT2D eigenvalue weighted by Crippen LogP contribution is 2.31. The Morgan fingerprint density at radius 2 is 2.07 bits per heavy atom. The number of ether oxygens (including phenoxy) is 1. The molecule has 1 saturated heterocycles. The molecule has 3 aromatic rings. The number of benzene rings is 1. The molecule has 7 heteroatoms. The molecule has 0 bridgehead atoms. The predicted molar refractivity (Wildman–Crippen MR) is 109 cm³/mol. The van der Waals surface area contributed by atoms with Gasteiger partial charge in [0, 0.05) is 25.4 Å². The maximum Gasteiger partial charge on any atom is 0.223 e. The van der Waals surface area contributed by atoms with Crippen LogP contribution in [0.1, 0.15) is 42.4 Å². The molecule has 0 saturated carbocycles. The van der Waals surface area contributed by atoms with Gasteiger partial charge in [-0.05, 0) is 43.9 Å². The second-order valence-electron chi connectivity index (χ2n) is 7.24. The van der Waals surface area contributed by atoms with Gasteiger partial charge in [-0.3, -0.25) is 14.3 Å². The Bertz CT molecular complexity index is 983. The molecule has 150 valence electrons. The van der Waals surface area contributed by atoms with Crippen LogP contribution >= 0.6 is 0 Å². The summed E-state index contributed by atoms with van der Waals surface area (Å²) < 4.78 is 7.09. The Hall–Kier alpha value is -3.22. The van der Waals surface area contributed by atoms with Crippen LogP contribution in [0.4, 0.5) is 0 Å². The van der Waals surface area contributed by atoms with Gasteiger partial charge in [-0.2, -0.15) is 0 Å². The summed E-state index contributed by atoms with van der Waals surface area (Å²) in [4.78, 5) is 28.3. The van der Waals surface area contributed by atoms with Gasteiger partial charge < -0.3 is 9.64 Å². The van der Waals surface area contributed by atoms with E-state index in [1.165, 1.54) is 0 Å². The summed E-state index contributed by atoms with van der Waals surface area (Å²) in [5.74, 6) is 2.57. The highest BCUT2D eigenvalue weighted by molar-refractivity contribution is 5.77. The van der Waals surface area contributed by atoms with Crippen LogP contribution in [0.3, 0.4) is 0 Å². The van der Waals surface area contributed by atoms with Crippen LogP contribution in [0, 0.1) is 6.92 Å². The SMILES string of the molecule is COc1ccc(CCC(=O)N2CCC[C@H]2c2cncc(-n3ccnc3C)n2)cc1. The van der Waals surface area contributed by atoms with E-state index >= 15 is 0 Å². The number of carbonyl (C=O) groups excluding carboxylic acids is 1. The highest BCUT2D eigenvalue weighted by Gasteiger charge is 2.31. The van der Waals surface area contributed by atoms with Crippen LogP contribution in [0.2, 0.25) is 0 Å². The summed E-state index contributed by atoms with van der Waals surface area (Å²) >= 11 is 0. The van der Waals surface area contributed by atoms with Gasteiger partial charge in [-0.25, -0.2) is 9.97 Å². The topological polar surface area (TPSA) is 73.1 Å². The second-order valence-corrected chi connectivity index (χ2v) is 7.24. The van der Waals surface area contributed by atoms with Crippen molar-refractivity contribution in [3.8, 4) is 11.6 Å². The fraction of sp³-hybridized carbons (Fsp3) is 0.364. The zero-order chi connectivity index (χ0) is 20.2. The Balaban J connectivity index is 1.46. The van der Waals surface area contributed by atoms with E-state index in [1.54, 1.807) is 25.7 Å². The predicted octanol–water partition coefficient (Wildman–Crippen LogP) is 3.28. The van der Waals surface area contributed by atoms with E-state index in [0.717, 1.165) is 48.0 Å². The number of nitrogens with zero attached hydrogens (tertiary/aromatic N) is 5. The molecular weight excluding hydrogens is 366 g/mol. The molecule has 0 spiro atoms. The van der Waals surface area contributed by atoms with Gasteiger partial charge in [0.25, 0.3) is 0 Å². The molecule has 0 radical (unpaired) electrons. The highest BCUT2D eigenvalue weighted by atomic mass is 16.5. The van der Waals surface area contributed by atoms with Gasteiger partial charge >= 0.3 is 0 Å². The van der Waals surface area contributed by atoms with Crippen LogP contribution in [-0.4, -0.2) is 44.0 Å². The third-order valence-corrected chi connectivity index (χ3v) is 5.41. The fourth-order valence-corrected chi connectivity index (χ4v) is 3.83. The van der Waals surface area contributed by atoms with Crippen molar-refractivity contribution in [3.05, 3.63) is 66.1 Å². The Morgan fingerprint density at radius 3 is 2.79 bits per heavy atom. The van der Waals surface area contributed by atoms with E-state index in [2.05, 4.69) is 9.97 Å². The zero-order valence-corrected chi connectivity index (χ0v) is 16.8. The van der Waals surface area contributed by atoms with Gasteiger partial charge in [-0.15, -0.1) is 0 Å². The maximum absolute atomic E-state index is 12.9. The number of imidazole rings is 1. The second kappa shape index (κ2) is 8.43. The third-order valence-electron chi connectivity index (χ3n) is 5.41. The molecule has 3 heterocycles. The first-order valence-electron chi connectivity index (χ1n) is 9.90. The molecule has 1 aliphatic rings. The summed E-state index contributed by atoms with van der Waals surface area (Å²) in [7, 11) is 1.65. The van der Waals surface area contributed by atoms with Crippen molar-refractivity contribution in [1.82, 2.24) is 24.4 Å². The lowest BCUT2D eigenvalue weighted by Gasteiger charge is -2.24. The van der Waals surface area contributed by atoms with Crippen molar-refractivity contribution >= 4 is 5.91 Å². The Morgan fingerprint density at radius 1 is 1.24 bits per heavy atom. The van der Waals surface area contributed by atoms with E-state index in [4.69, 9.17) is 9.72 Å². The van der Waals surface area contributed by atoms with E-state index in [-0.39, 0.29) is 11.9 Å². The molecule has 7 nitrogen and oxygen atoms in total. The molecule has 4 rings (SSSR count). The van der Waals surface area contributed by atoms with Crippen LogP contribution < -0.4 is 4.74 Å². The Kier molecular flexibility index (Phi) is 5.55. The summed E-state index contributed by atoms with van der Waals surface area (Å²) in [6.45, 7) is 2.70. The number of aryl methyl sites for hydroxylation is 2. The number of carbonyl (C=O) groups is 1. The minimum absolute atomic E-state index is 0.0188. The summed E-state index contributed by atoms with van der Waals surface area (Å²) in [5.41, 5.74) is 1.97. The van der Waals surface area contributed by atoms with Gasteiger partial charge in [0.1, 0.15) is 11.6 Å². The van der Waals surface area contributed by atoms with Crippen LogP contribution in [0.15, 0.2) is 49.1 Å². The molecule has 0 aliphatic carbocycles. The normalized spacial score (nSPS) is 16.2. The number of rotatable bonds is 6. The fourth-order valence-electron chi connectivity index (χ4n) is 3.83. The lowest BCUT2D eigenvalue weighted by molar-refractivity contribution is -0.132. The molecule has 0 N–H and O–H groups in total. The molecule has 1 atom stereocenters. The molecule has 1 aromatic carbocycles. The molecule has 29 heavy (non-hydrogen) atoms. The lowest BCUT2D eigenvalue weighted by Crippen LogP contribution is -2.31. The number of methoxy groups -OCH3 is 1. The number of aromatic nitrogens is 4. The minimum Gasteiger partial charge on any atom is -0.497 e. The van der Waals surface area contributed by atoms with Crippen molar-refractivity contribution in [3.63, 3.8) is 0 Å². The van der Waals surface area contributed by atoms with E-state index in [9.17, 15) is 4.79 Å². The lowest BCUT2D eigenvalue weighted by atomic mass is 10.1. The third kappa shape index (κ3) is 4.13. The summed E-state index contributed by atoms with van der Waals surface area (Å²) in [5, 5.41) is 0. The first-order chi connectivity index (χ1) is 14.2. The van der Waals surface area contributed by atoms with Crippen molar-refractivity contribution in [2.24, 2.45) is 0 Å². The van der Waals surface area contributed by atoms with Crippen molar-refractivity contribution < 1.29 is 9.53 Å². The number of amides is 1. The number of hydrogen-bond acceptors (Lipinski definition) is 5. The van der Waals surface area contributed by atoms with Crippen molar-refractivity contribution in [1.29, 1.82) is 0 Å². The molecule has 1 amide bonds. The van der Waals surface area contributed by atoms with Crippen LogP contribution in [0.5, 0.6) is 5.75 Å². The first-order valence-corrected chi connectivity index (χ1v) is 9.90. The smallest absolute Gasteiger partial charge is 0.223 e. The molecular formula is C22H25N5O2. The minimum atomic E-state index is -0.0188. The average Bonchev–Trinajstić information content (AvgIpc) is 3.41. The number of likely N-dealkylation sites (tertiary alicyclic amines) is 1. The van der Waals surface area contributed by atoms with Crippen LogP contribution in [-0.2, 0) is 11.2 Å². The molecule has 2 aromatic heterocycles. The van der Waals surface area contributed by atoms with Gasteiger partial charge in [0.15, 0.2) is 5.82 Å². The summed E-state index contributed by atoms with van der Waals surface area (Å²) in [6, 6.07) is 7.86. The maximum atomic E-state index is 12.9. The van der Waals surface area contributed by atoms with Gasteiger partial charge in [-0.1, -0.05) is 12.1 Å². The van der Waals surface area contributed by atoms with Gasteiger partial charge in [0.2, 0.25) is 5.91 Å². The Labute approximate surface area is 170 Å². The standard InChI is InChI=1S/C22H25N5O2/c1-16-24-11-13-26(16)21-15-23-14-19(25-21)20-4-3-12-27(20)22(28)10-7-17-5-8-18(29-2)9-6-17/h5-6,8-9,11,13-15,20H,3-4,7,10,12H2,1-2H3/t20-/m0/s1. The number of hydrogen-bond donors (Lipinski definition) is 0. The van der Waals surface area contributed by atoms with Crippen molar-refractivity contribution in [2.75, 3.05) is 13.7 Å². The van der Waals surface area contributed by atoms with E-state index in [0.29, 0.717) is 12.8 Å². The van der Waals surface area contributed by atoms with Crippen LogP contribution in [0.25, 0.3) is 5.82 Å². The van der Waals surface area contributed by atoms with Gasteiger partial charge in [0.05, 0.1) is 31.2 Å². The van der Waals surface area contributed by atoms with E-state index in [1.807, 2.05) is 46.9 Å². The zero-order valence-electron chi connectivity index (χ0n) is 16.8. The molecule has 1 aliphatic heterocycles. The largest absolute Gasteiger partial charge is 0.497 e. The summed E-state index contributed by atoms with van der Waals surface area (Å²) in [6.07, 6.45) is 10.2. The molecule has 0 unspecified atom stereocenters. The first kappa shape index (κ1) is 19.1. The molecule has 1 fully saturated rings. The average molecular weight is 391 g/mol. The van der Waals surface area contributed by atoms with Crippen molar-refractivity contribution in [2.45, 2.75) is 38.6 Å². The monoisotopic (exact) mass is 391 g/mol. The van der Waals surface area contributed by atoms with E-state index < -0.39 is 0 Å².